The Morgan fingerprint density at radius 3 is 2.30 bits per heavy atom. The molecule has 1 nitrogen and oxygen atoms in total. The Balaban J connectivity index is 3.82. The van der Waals surface area contributed by atoms with E-state index in [1.807, 2.05) is 13.8 Å². The number of hydrogen-bond acceptors (Lipinski definition) is 1. The van der Waals surface area contributed by atoms with Crippen LogP contribution in [0.15, 0.2) is 0 Å². The summed E-state index contributed by atoms with van der Waals surface area (Å²) in [6.07, 6.45) is 2.27. The number of aliphatic hydroxyl groups excluding tert-OH is 1. The van der Waals surface area contributed by atoms with E-state index in [9.17, 15) is 5.11 Å². The Labute approximate surface area is 68.4 Å². The van der Waals surface area contributed by atoms with Crippen molar-refractivity contribution in [3.63, 3.8) is 0 Å². The summed E-state index contributed by atoms with van der Waals surface area (Å²) in [6.45, 7) is 5.91. The highest BCUT2D eigenvalue weighted by Gasteiger charge is 2.27. The SMILES string of the molecule is CCCC(C)(Cl)C(O)CC. The normalized spacial score (nSPS) is 20.1. The summed E-state index contributed by atoms with van der Waals surface area (Å²) in [5.41, 5.74) is 0. The molecule has 0 rings (SSSR count). The number of rotatable bonds is 4. The van der Waals surface area contributed by atoms with Crippen molar-refractivity contribution in [3.8, 4) is 0 Å². The van der Waals surface area contributed by atoms with E-state index in [1.165, 1.54) is 0 Å². The van der Waals surface area contributed by atoms with Gasteiger partial charge in [0, 0.05) is 0 Å². The van der Waals surface area contributed by atoms with Crippen LogP contribution in [0.5, 0.6) is 0 Å². The standard InChI is InChI=1S/C8H17ClO/c1-4-6-8(3,9)7(10)5-2/h7,10H,4-6H2,1-3H3. The molecule has 62 valence electrons. The van der Waals surface area contributed by atoms with Crippen LogP contribution in [0, 0.1) is 0 Å². The van der Waals surface area contributed by atoms with E-state index in [1.54, 1.807) is 0 Å². The van der Waals surface area contributed by atoms with Gasteiger partial charge < -0.3 is 5.11 Å². The smallest absolute Gasteiger partial charge is 0.0726 e. The molecule has 2 unspecified atom stereocenters. The fraction of sp³-hybridized carbons (Fsp3) is 1.00. The lowest BCUT2D eigenvalue weighted by Gasteiger charge is -2.26. The molecular weight excluding hydrogens is 148 g/mol. The minimum Gasteiger partial charge on any atom is -0.391 e. The predicted octanol–water partition coefficient (Wildman–Crippen LogP) is 2.55. The van der Waals surface area contributed by atoms with Gasteiger partial charge in [0.25, 0.3) is 0 Å². The topological polar surface area (TPSA) is 20.2 Å². The molecule has 0 aromatic heterocycles. The Morgan fingerprint density at radius 1 is 1.50 bits per heavy atom. The minimum atomic E-state index is -0.413. The van der Waals surface area contributed by atoms with Gasteiger partial charge in [-0.05, 0) is 19.8 Å². The summed E-state index contributed by atoms with van der Waals surface area (Å²) in [6, 6.07) is 0. The van der Waals surface area contributed by atoms with E-state index in [-0.39, 0.29) is 6.10 Å². The summed E-state index contributed by atoms with van der Waals surface area (Å²) in [5, 5.41) is 9.38. The van der Waals surface area contributed by atoms with Gasteiger partial charge in [0.1, 0.15) is 0 Å². The highest BCUT2D eigenvalue weighted by Crippen LogP contribution is 2.26. The number of hydrogen-bond donors (Lipinski definition) is 1. The van der Waals surface area contributed by atoms with E-state index in [4.69, 9.17) is 11.6 Å². The highest BCUT2D eigenvalue weighted by molar-refractivity contribution is 6.24. The average Bonchev–Trinajstić information content (AvgIpc) is 1.86. The molecule has 1 N–H and O–H groups in total. The van der Waals surface area contributed by atoms with Crippen molar-refractivity contribution in [2.24, 2.45) is 0 Å². The molecule has 0 spiro atoms. The maximum absolute atomic E-state index is 9.38. The number of aliphatic hydroxyl groups is 1. The zero-order valence-corrected chi connectivity index (χ0v) is 7.78. The van der Waals surface area contributed by atoms with Gasteiger partial charge in [-0.15, -0.1) is 11.6 Å². The van der Waals surface area contributed by atoms with E-state index in [0.29, 0.717) is 0 Å². The first-order valence-corrected chi connectivity index (χ1v) is 4.29. The monoisotopic (exact) mass is 164 g/mol. The van der Waals surface area contributed by atoms with Crippen LogP contribution in [0.2, 0.25) is 0 Å². The lowest BCUT2D eigenvalue weighted by atomic mass is 9.97. The molecule has 0 aliphatic heterocycles. The minimum absolute atomic E-state index is 0.367. The molecule has 0 bridgehead atoms. The quantitative estimate of drug-likeness (QED) is 0.634. The van der Waals surface area contributed by atoms with Gasteiger partial charge in [-0.3, -0.25) is 0 Å². The van der Waals surface area contributed by atoms with Crippen molar-refractivity contribution in [2.45, 2.75) is 51.0 Å². The van der Waals surface area contributed by atoms with E-state index in [2.05, 4.69) is 6.92 Å². The molecule has 0 saturated carbocycles. The molecule has 0 radical (unpaired) electrons. The van der Waals surface area contributed by atoms with Gasteiger partial charge in [0.15, 0.2) is 0 Å². The van der Waals surface area contributed by atoms with Gasteiger partial charge in [0.2, 0.25) is 0 Å². The first-order chi connectivity index (χ1) is 4.54. The molecule has 0 aliphatic rings. The lowest BCUT2D eigenvalue weighted by Crippen LogP contribution is -2.32. The van der Waals surface area contributed by atoms with Crippen molar-refractivity contribution in [1.29, 1.82) is 0 Å². The lowest BCUT2D eigenvalue weighted by molar-refractivity contribution is 0.122. The van der Waals surface area contributed by atoms with Crippen molar-refractivity contribution < 1.29 is 5.11 Å². The molecule has 2 atom stereocenters. The Hall–Kier alpha value is 0.250. The zero-order chi connectivity index (χ0) is 8.20. The van der Waals surface area contributed by atoms with Crippen LogP contribution >= 0.6 is 11.6 Å². The first-order valence-electron chi connectivity index (χ1n) is 3.91. The number of halogens is 1. The molecule has 0 amide bonds. The molecule has 0 fully saturated rings. The van der Waals surface area contributed by atoms with Crippen molar-refractivity contribution in [1.82, 2.24) is 0 Å². The van der Waals surface area contributed by atoms with E-state index >= 15 is 0 Å². The third-order valence-corrected chi connectivity index (χ3v) is 2.26. The summed E-state index contributed by atoms with van der Waals surface area (Å²) in [5.74, 6) is 0. The van der Waals surface area contributed by atoms with Gasteiger partial charge in [0.05, 0.1) is 11.0 Å². The first kappa shape index (κ1) is 10.2. The zero-order valence-electron chi connectivity index (χ0n) is 7.02. The largest absolute Gasteiger partial charge is 0.391 e. The second-order valence-corrected chi connectivity index (χ2v) is 3.82. The highest BCUT2D eigenvalue weighted by atomic mass is 35.5. The van der Waals surface area contributed by atoms with Gasteiger partial charge in [-0.1, -0.05) is 20.3 Å². The summed E-state index contributed by atoms with van der Waals surface area (Å²) in [7, 11) is 0. The number of alkyl halides is 1. The Bertz CT molecular complexity index is 91.3. The fourth-order valence-electron chi connectivity index (χ4n) is 1.08. The van der Waals surface area contributed by atoms with Crippen LogP contribution in [-0.4, -0.2) is 16.1 Å². The third kappa shape index (κ3) is 2.89. The van der Waals surface area contributed by atoms with Crippen molar-refractivity contribution in [3.05, 3.63) is 0 Å². The van der Waals surface area contributed by atoms with E-state index < -0.39 is 4.87 Å². The van der Waals surface area contributed by atoms with Crippen molar-refractivity contribution in [2.75, 3.05) is 0 Å². The Morgan fingerprint density at radius 2 is 2.00 bits per heavy atom. The third-order valence-electron chi connectivity index (χ3n) is 1.82. The molecule has 0 aromatic rings. The molecule has 10 heavy (non-hydrogen) atoms. The van der Waals surface area contributed by atoms with Crippen molar-refractivity contribution >= 4 is 11.6 Å². The van der Waals surface area contributed by atoms with Gasteiger partial charge in [-0.25, -0.2) is 0 Å². The van der Waals surface area contributed by atoms with Crippen LogP contribution in [0.1, 0.15) is 40.0 Å². The maximum Gasteiger partial charge on any atom is 0.0726 e. The average molecular weight is 165 g/mol. The van der Waals surface area contributed by atoms with Crippen LogP contribution < -0.4 is 0 Å². The van der Waals surface area contributed by atoms with Gasteiger partial charge >= 0.3 is 0 Å². The fourth-order valence-corrected chi connectivity index (χ4v) is 1.42. The second kappa shape index (κ2) is 4.20. The van der Waals surface area contributed by atoms with Crippen LogP contribution in [0.4, 0.5) is 0 Å². The molecule has 2 heteroatoms. The predicted molar refractivity (Wildman–Crippen MR) is 45.5 cm³/mol. The summed E-state index contributed by atoms with van der Waals surface area (Å²) in [4.78, 5) is -0.413. The Kier molecular flexibility index (Phi) is 4.30. The van der Waals surface area contributed by atoms with Crippen LogP contribution in [0.3, 0.4) is 0 Å². The summed E-state index contributed by atoms with van der Waals surface area (Å²) >= 11 is 6.04. The second-order valence-electron chi connectivity index (χ2n) is 2.95. The molecule has 0 aliphatic carbocycles. The molecular formula is C8H17ClO. The molecule has 0 aromatic carbocycles. The van der Waals surface area contributed by atoms with Crippen LogP contribution in [-0.2, 0) is 0 Å². The van der Waals surface area contributed by atoms with Crippen LogP contribution in [0.25, 0.3) is 0 Å². The molecule has 0 saturated heterocycles. The van der Waals surface area contributed by atoms with E-state index in [0.717, 1.165) is 19.3 Å². The maximum atomic E-state index is 9.38. The molecule has 0 heterocycles. The summed E-state index contributed by atoms with van der Waals surface area (Å²) < 4.78 is 0. The van der Waals surface area contributed by atoms with Gasteiger partial charge in [-0.2, -0.15) is 0 Å².